The van der Waals surface area contributed by atoms with Gasteiger partial charge in [-0.05, 0) is 60.5 Å². The van der Waals surface area contributed by atoms with Crippen molar-refractivity contribution in [3.63, 3.8) is 0 Å². The van der Waals surface area contributed by atoms with E-state index in [-0.39, 0.29) is 24.9 Å². The van der Waals surface area contributed by atoms with E-state index in [9.17, 15) is 14.0 Å². The molecule has 0 aliphatic carbocycles. The van der Waals surface area contributed by atoms with Crippen molar-refractivity contribution in [3.8, 4) is 11.5 Å². The van der Waals surface area contributed by atoms with E-state index < -0.39 is 5.91 Å². The van der Waals surface area contributed by atoms with Crippen molar-refractivity contribution in [3.05, 3.63) is 94.8 Å². The predicted octanol–water partition coefficient (Wildman–Crippen LogP) is 3.60. The first-order valence-corrected chi connectivity index (χ1v) is 10.2. The molecule has 0 aromatic heterocycles. The zero-order valence-electron chi connectivity index (χ0n) is 18.3. The predicted molar refractivity (Wildman–Crippen MR) is 123 cm³/mol. The molecule has 3 aromatic carbocycles. The Balaban J connectivity index is 1.49. The Hall–Kier alpha value is -4.20. The fourth-order valence-corrected chi connectivity index (χ4v) is 2.81. The Morgan fingerprint density at radius 2 is 1.73 bits per heavy atom. The quantitative estimate of drug-likeness (QED) is 0.386. The molecule has 2 amide bonds. The Morgan fingerprint density at radius 3 is 2.42 bits per heavy atom. The van der Waals surface area contributed by atoms with Crippen LogP contribution in [0.5, 0.6) is 11.5 Å². The third kappa shape index (κ3) is 7.17. The van der Waals surface area contributed by atoms with E-state index >= 15 is 0 Å². The lowest BCUT2D eigenvalue weighted by molar-refractivity contribution is -0.120. The van der Waals surface area contributed by atoms with Crippen LogP contribution >= 0.6 is 0 Å². The highest BCUT2D eigenvalue weighted by Crippen LogP contribution is 2.28. The average molecular weight is 449 g/mol. The number of benzene rings is 3. The van der Waals surface area contributed by atoms with Gasteiger partial charge in [0.15, 0.2) is 11.5 Å². The Bertz CT molecular complexity index is 1130. The monoisotopic (exact) mass is 449 g/mol. The van der Waals surface area contributed by atoms with Crippen molar-refractivity contribution in [2.45, 2.75) is 13.5 Å². The third-order valence-corrected chi connectivity index (χ3v) is 4.62. The molecule has 7 nitrogen and oxygen atoms in total. The van der Waals surface area contributed by atoms with Crippen LogP contribution in [-0.4, -0.2) is 31.7 Å². The summed E-state index contributed by atoms with van der Waals surface area (Å²) in [6.07, 6.45) is 1.45. The maximum atomic E-state index is 13.0. The molecule has 3 rings (SSSR count). The SMILES string of the molecule is COc1cc(/C=N\NC(=O)CNC(=O)c2ccc(C)cc2)ccc1OCc1ccc(F)cc1. The van der Waals surface area contributed by atoms with Gasteiger partial charge in [-0.2, -0.15) is 5.10 Å². The number of carbonyl (C=O) groups is 2. The number of ether oxygens (including phenoxy) is 2. The van der Waals surface area contributed by atoms with Crippen molar-refractivity contribution >= 4 is 18.0 Å². The normalized spacial score (nSPS) is 10.6. The molecule has 0 fully saturated rings. The number of aryl methyl sites for hydroxylation is 1. The largest absolute Gasteiger partial charge is 0.493 e. The molecule has 0 radical (unpaired) electrons. The van der Waals surface area contributed by atoms with Gasteiger partial charge in [-0.3, -0.25) is 9.59 Å². The van der Waals surface area contributed by atoms with Gasteiger partial charge in [0, 0.05) is 5.56 Å². The van der Waals surface area contributed by atoms with Crippen LogP contribution in [-0.2, 0) is 11.4 Å². The average Bonchev–Trinajstić information content (AvgIpc) is 2.83. The van der Waals surface area contributed by atoms with Crippen LogP contribution in [0.25, 0.3) is 0 Å². The van der Waals surface area contributed by atoms with E-state index in [2.05, 4.69) is 15.8 Å². The molecule has 33 heavy (non-hydrogen) atoms. The number of carbonyl (C=O) groups excluding carboxylic acids is 2. The minimum absolute atomic E-state index is 0.205. The van der Waals surface area contributed by atoms with E-state index in [1.807, 2.05) is 19.1 Å². The smallest absolute Gasteiger partial charge is 0.259 e. The summed E-state index contributed by atoms with van der Waals surface area (Å²) >= 11 is 0. The highest BCUT2D eigenvalue weighted by atomic mass is 19.1. The van der Waals surface area contributed by atoms with E-state index in [1.165, 1.54) is 25.5 Å². The number of halogens is 1. The van der Waals surface area contributed by atoms with Gasteiger partial charge in [-0.1, -0.05) is 29.8 Å². The standard InChI is InChI=1S/C25H24FN3O4/c1-17-3-8-20(9-4-17)25(31)27-15-24(30)29-28-14-19-7-12-22(23(13-19)32-2)33-16-18-5-10-21(26)11-6-18/h3-14H,15-16H2,1-2H3,(H,27,31)(H,29,30)/b28-14-. The van der Waals surface area contributed by atoms with Crippen LogP contribution < -0.4 is 20.2 Å². The second-order valence-corrected chi connectivity index (χ2v) is 7.17. The van der Waals surface area contributed by atoms with Gasteiger partial charge < -0.3 is 14.8 Å². The molecule has 0 heterocycles. The van der Waals surface area contributed by atoms with E-state index in [1.54, 1.807) is 42.5 Å². The number of hydrazone groups is 1. The fourth-order valence-electron chi connectivity index (χ4n) is 2.81. The lowest BCUT2D eigenvalue weighted by Gasteiger charge is -2.11. The molecule has 2 N–H and O–H groups in total. The summed E-state index contributed by atoms with van der Waals surface area (Å²) < 4.78 is 24.1. The summed E-state index contributed by atoms with van der Waals surface area (Å²) in [6, 6.07) is 18.2. The number of hydrogen-bond acceptors (Lipinski definition) is 5. The minimum Gasteiger partial charge on any atom is -0.493 e. The number of rotatable bonds is 9. The number of amides is 2. The molecule has 0 aliphatic rings. The van der Waals surface area contributed by atoms with Crippen molar-refractivity contribution < 1.29 is 23.5 Å². The minimum atomic E-state index is -0.460. The summed E-state index contributed by atoms with van der Waals surface area (Å²) in [6.45, 7) is 1.98. The summed E-state index contributed by atoms with van der Waals surface area (Å²) in [5, 5.41) is 6.44. The zero-order valence-corrected chi connectivity index (χ0v) is 18.3. The topological polar surface area (TPSA) is 89.0 Å². The zero-order chi connectivity index (χ0) is 23.6. The van der Waals surface area contributed by atoms with Gasteiger partial charge >= 0.3 is 0 Å². The molecule has 0 spiro atoms. The van der Waals surface area contributed by atoms with Crippen molar-refractivity contribution in [2.24, 2.45) is 5.10 Å². The summed E-state index contributed by atoms with van der Waals surface area (Å²) in [7, 11) is 1.51. The van der Waals surface area contributed by atoms with Gasteiger partial charge in [0.25, 0.3) is 11.8 Å². The van der Waals surface area contributed by atoms with Gasteiger partial charge in [0.05, 0.1) is 19.9 Å². The van der Waals surface area contributed by atoms with E-state index in [0.29, 0.717) is 22.6 Å². The van der Waals surface area contributed by atoms with Gasteiger partial charge in [0.2, 0.25) is 0 Å². The number of hydrogen-bond donors (Lipinski definition) is 2. The molecule has 8 heteroatoms. The van der Waals surface area contributed by atoms with Crippen LogP contribution in [0.3, 0.4) is 0 Å². The van der Waals surface area contributed by atoms with Crippen molar-refractivity contribution in [2.75, 3.05) is 13.7 Å². The van der Waals surface area contributed by atoms with Crippen LogP contribution in [0.4, 0.5) is 4.39 Å². The molecule has 3 aromatic rings. The molecule has 0 unspecified atom stereocenters. The molecule has 0 saturated heterocycles. The second kappa shape index (κ2) is 11.4. The molecular weight excluding hydrogens is 425 g/mol. The maximum Gasteiger partial charge on any atom is 0.259 e. The summed E-state index contributed by atoms with van der Waals surface area (Å²) in [4.78, 5) is 24.0. The molecule has 0 atom stereocenters. The van der Waals surface area contributed by atoms with Crippen LogP contribution in [0.15, 0.2) is 71.8 Å². The number of nitrogens with zero attached hydrogens (tertiary/aromatic N) is 1. The van der Waals surface area contributed by atoms with Gasteiger partial charge in [0.1, 0.15) is 12.4 Å². The summed E-state index contributed by atoms with van der Waals surface area (Å²) in [5.74, 6) is -0.103. The lowest BCUT2D eigenvalue weighted by atomic mass is 10.1. The molecule has 170 valence electrons. The van der Waals surface area contributed by atoms with E-state index in [4.69, 9.17) is 9.47 Å². The first kappa shape index (κ1) is 23.5. The van der Waals surface area contributed by atoms with Gasteiger partial charge in [-0.15, -0.1) is 0 Å². The summed E-state index contributed by atoms with van der Waals surface area (Å²) in [5.41, 5.74) is 5.38. The first-order valence-electron chi connectivity index (χ1n) is 10.2. The Labute approximate surface area is 191 Å². The molecule has 0 saturated carbocycles. The van der Waals surface area contributed by atoms with Gasteiger partial charge in [-0.25, -0.2) is 9.82 Å². The van der Waals surface area contributed by atoms with Crippen molar-refractivity contribution in [1.29, 1.82) is 0 Å². The highest BCUT2D eigenvalue weighted by Gasteiger charge is 2.08. The fraction of sp³-hybridized carbons (Fsp3) is 0.160. The first-order chi connectivity index (χ1) is 15.9. The van der Waals surface area contributed by atoms with Crippen molar-refractivity contribution in [1.82, 2.24) is 10.7 Å². The van der Waals surface area contributed by atoms with Crippen LogP contribution in [0.2, 0.25) is 0 Å². The number of methoxy groups -OCH3 is 1. The maximum absolute atomic E-state index is 13.0. The third-order valence-electron chi connectivity index (χ3n) is 4.62. The van der Waals surface area contributed by atoms with Crippen LogP contribution in [0, 0.1) is 12.7 Å². The van der Waals surface area contributed by atoms with E-state index in [0.717, 1.165) is 11.1 Å². The van der Waals surface area contributed by atoms with Crippen LogP contribution in [0.1, 0.15) is 27.0 Å². The molecule has 0 aliphatic heterocycles. The lowest BCUT2D eigenvalue weighted by Crippen LogP contribution is -2.34. The Morgan fingerprint density at radius 1 is 1.00 bits per heavy atom. The molecular formula is C25H24FN3O4. The second-order valence-electron chi connectivity index (χ2n) is 7.17. The number of nitrogens with one attached hydrogen (secondary N) is 2. The highest BCUT2D eigenvalue weighted by molar-refractivity contribution is 5.96. The molecule has 0 bridgehead atoms. The Kier molecular flexibility index (Phi) is 8.13.